The van der Waals surface area contributed by atoms with Gasteiger partial charge in [-0.25, -0.2) is 4.79 Å². The Kier molecular flexibility index (Phi) is 4.94. The number of ketones is 1. The highest BCUT2D eigenvalue weighted by molar-refractivity contribution is 5.99. The monoisotopic (exact) mass is 324 g/mol. The Labute approximate surface area is 141 Å². The Morgan fingerprint density at radius 2 is 1.75 bits per heavy atom. The van der Waals surface area contributed by atoms with Crippen molar-refractivity contribution in [3.8, 4) is 5.75 Å². The summed E-state index contributed by atoms with van der Waals surface area (Å²) in [7, 11) is 1.53. The number of Topliss-reactive ketones (excluding diaryl/α,β-unsaturated/α-hetero) is 1. The van der Waals surface area contributed by atoms with Crippen molar-refractivity contribution >= 4 is 11.8 Å². The molecule has 1 aliphatic rings. The van der Waals surface area contributed by atoms with Gasteiger partial charge in [0, 0.05) is 5.56 Å². The van der Waals surface area contributed by atoms with Crippen molar-refractivity contribution < 1.29 is 19.1 Å². The van der Waals surface area contributed by atoms with Crippen LogP contribution in [-0.4, -0.2) is 25.5 Å². The normalized spacial score (nSPS) is 13.0. The van der Waals surface area contributed by atoms with Crippen molar-refractivity contribution in [2.24, 2.45) is 0 Å². The van der Waals surface area contributed by atoms with Gasteiger partial charge in [0.2, 0.25) is 0 Å². The number of esters is 1. The van der Waals surface area contributed by atoms with Crippen LogP contribution in [0.15, 0.2) is 42.5 Å². The second-order valence-electron chi connectivity index (χ2n) is 5.92. The molecule has 0 aromatic heterocycles. The van der Waals surface area contributed by atoms with E-state index in [1.165, 1.54) is 24.7 Å². The Morgan fingerprint density at radius 1 is 0.958 bits per heavy atom. The SMILES string of the molecule is COc1cccc(C(=O)OCC(=O)c2ccc3c(c2)CCCC3)c1. The fourth-order valence-electron chi connectivity index (χ4n) is 2.95. The van der Waals surface area contributed by atoms with Crippen LogP contribution in [-0.2, 0) is 17.6 Å². The minimum absolute atomic E-state index is 0.181. The van der Waals surface area contributed by atoms with Crippen LogP contribution in [0.25, 0.3) is 0 Å². The summed E-state index contributed by atoms with van der Waals surface area (Å²) in [6.45, 7) is -0.255. The topological polar surface area (TPSA) is 52.6 Å². The van der Waals surface area contributed by atoms with Crippen LogP contribution in [0, 0.1) is 0 Å². The molecule has 0 bridgehead atoms. The van der Waals surface area contributed by atoms with Crippen LogP contribution in [0.3, 0.4) is 0 Å². The molecular formula is C20H20O4. The zero-order chi connectivity index (χ0) is 16.9. The molecule has 0 unspecified atom stereocenters. The summed E-state index contributed by atoms with van der Waals surface area (Å²) in [5.41, 5.74) is 3.54. The van der Waals surface area contributed by atoms with Crippen LogP contribution in [0.4, 0.5) is 0 Å². The van der Waals surface area contributed by atoms with Gasteiger partial charge in [-0.3, -0.25) is 4.79 Å². The number of carbonyl (C=O) groups excluding carboxylic acids is 2. The number of fused-ring (bicyclic) bond motifs is 1. The minimum Gasteiger partial charge on any atom is -0.497 e. The maximum Gasteiger partial charge on any atom is 0.338 e. The van der Waals surface area contributed by atoms with Gasteiger partial charge in [-0.1, -0.05) is 18.2 Å². The molecule has 0 aliphatic heterocycles. The van der Waals surface area contributed by atoms with E-state index in [9.17, 15) is 9.59 Å². The third-order valence-corrected chi connectivity index (χ3v) is 4.31. The molecule has 4 heteroatoms. The lowest BCUT2D eigenvalue weighted by atomic mass is 9.90. The molecule has 0 saturated carbocycles. The molecule has 124 valence electrons. The number of hydrogen-bond donors (Lipinski definition) is 0. The molecule has 24 heavy (non-hydrogen) atoms. The molecule has 0 heterocycles. The zero-order valence-electron chi connectivity index (χ0n) is 13.7. The summed E-state index contributed by atoms with van der Waals surface area (Å²) < 4.78 is 10.2. The number of aryl methyl sites for hydroxylation is 2. The molecule has 2 aromatic rings. The van der Waals surface area contributed by atoms with Crippen LogP contribution in [0.1, 0.15) is 44.7 Å². The van der Waals surface area contributed by atoms with Crippen LogP contribution in [0.5, 0.6) is 5.75 Å². The van der Waals surface area contributed by atoms with Crippen molar-refractivity contribution in [2.45, 2.75) is 25.7 Å². The molecule has 1 aliphatic carbocycles. The lowest BCUT2D eigenvalue weighted by molar-refractivity contribution is 0.0474. The molecule has 0 N–H and O–H groups in total. The van der Waals surface area contributed by atoms with Gasteiger partial charge in [-0.05, 0) is 61.1 Å². The van der Waals surface area contributed by atoms with E-state index in [1.807, 2.05) is 18.2 Å². The van der Waals surface area contributed by atoms with E-state index in [1.54, 1.807) is 24.3 Å². The van der Waals surface area contributed by atoms with Gasteiger partial charge < -0.3 is 9.47 Å². The first kappa shape index (κ1) is 16.2. The third-order valence-electron chi connectivity index (χ3n) is 4.31. The maximum atomic E-state index is 12.3. The van der Waals surface area contributed by atoms with E-state index in [2.05, 4.69) is 0 Å². The maximum absolute atomic E-state index is 12.3. The fourth-order valence-corrected chi connectivity index (χ4v) is 2.95. The van der Waals surface area contributed by atoms with Gasteiger partial charge in [-0.2, -0.15) is 0 Å². The predicted molar refractivity (Wildman–Crippen MR) is 90.7 cm³/mol. The molecule has 0 saturated heterocycles. The van der Waals surface area contributed by atoms with Gasteiger partial charge >= 0.3 is 5.97 Å². The summed E-state index contributed by atoms with van der Waals surface area (Å²) >= 11 is 0. The Hall–Kier alpha value is -2.62. The molecule has 0 amide bonds. The van der Waals surface area contributed by atoms with Gasteiger partial charge in [0.25, 0.3) is 0 Å². The Bertz CT molecular complexity index is 764. The highest BCUT2D eigenvalue weighted by Gasteiger charge is 2.15. The van der Waals surface area contributed by atoms with Crippen molar-refractivity contribution in [1.82, 2.24) is 0 Å². The second kappa shape index (κ2) is 7.30. The van der Waals surface area contributed by atoms with Crippen molar-refractivity contribution in [1.29, 1.82) is 0 Å². The Morgan fingerprint density at radius 3 is 2.54 bits per heavy atom. The number of benzene rings is 2. The number of hydrogen-bond acceptors (Lipinski definition) is 4. The van der Waals surface area contributed by atoms with Gasteiger partial charge in [0.05, 0.1) is 12.7 Å². The molecule has 0 atom stereocenters. The number of carbonyl (C=O) groups is 2. The summed E-state index contributed by atoms with van der Waals surface area (Å²) in [5, 5.41) is 0. The van der Waals surface area contributed by atoms with E-state index in [4.69, 9.17) is 9.47 Å². The molecule has 2 aromatic carbocycles. The van der Waals surface area contributed by atoms with Crippen molar-refractivity contribution in [3.63, 3.8) is 0 Å². The van der Waals surface area contributed by atoms with E-state index in [-0.39, 0.29) is 12.4 Å². The number of methoxy groups -OCH3 is 1. The lowest BCUT2D eigenvalue weighted by Gasteiger charge is -2.16. The number of rotatable bonds is 5. The highest BCUT2D eigenvalue weighted by atomic mass is 16.5. The van der Waals surface area contributed by atoms with Crippen molar-refractivity contribution in [2.75, 3.05) is 13.7 Å². The summed E-state index contributed by atoms with van der Waals surface area (Å²) in [6.07, 6.45) is 4.46. The van der Waals surface area contributed by atoms with Crippen LogP contribution >= 0.6 is 0 Å². The smallest absolute Gasteiger partial charge is 0.338 e. The lowest BCUT2D eigenvalue weighted by Crippen LogP contribution is -2.15. The van der Waals surface area contributed by atoms with Gasteiger partial charge in [0.15, 0.2) is 12.4 Å². The third kappa shape index (κ3) is 3.65. The highest BCUT2D eigenvalue weighted by Crippen LogP contribution is 2.22. The first-order valence-electron chi connectivity index (χ1n) is 8.13. The van der Waals surface area contributed by atoms with E-state index >= 15 is 0 Å². The minimum atomic E-state index is -0.528. The van der Waals surface area contributed by atoms with Crippen LogP contribution < -0.4 is 4.74 Å². The largest absolute Gasteiger partial charge is 0.497 e. The molecular weight excluding hydrogens is 304 g/mol. The average molecular weight is 324 g/mol. The number of ether oxygens (including phenoxy) is 2. The molecule has 4 nitrogen and oxygen atoms in total. The summed E-state index contributed by atoms with van der Waals surface area (Å²) in [5.74, 6) is -0.134. The first-order valence-corrected chi connectivity index (χ1v) is 8.13. The van der Waals surface area contributed by atoms with Gasteiger partial charge in [-0.15, -0.1) is 0 Å². The standard InChI is InChI=1S/C20H20O4/c1-23-18-8-4-7-17(12-18)20(22)24-13-19(21)16-10-9-14-5-2-3-6-15(14)11-16/h4,7-12H,2-3,5-6,13H2,1H3. The first-order chi connectivity index (χ1) is 11.7. The summed E-state index contributed by atoms with van der Waals surface area (Å²) in [6, 6.07) is 12.5. The zero-order valence-corrected chi connectivity index (χ0v) is 13.7. The molecule has 0 radical (unpaired) electrons. The predicted octanol–water partition coefficient (Wildman–Crippen LogP) is 3.61. The Balaban J connectivity index is 1.63. The van der Waals surface area contributed by atoms with Crippen molar-refractivity contribution in [3.05, 3.63) is 64.7 Å². The van der Waals surface area contributed by atoms with E-state index < -0.39 is 5.97 Å². The summed E-state index contributed by atoms with van der Waals surface area (Å²) in [4.78, 5) is 24.3. The van der Waals surface area contributed by atoms with E-state index in [0.717, 1.165) is 19.3 Å². The quantitative estimate of drug-likeness (QED) is 0.623. The average Bonchev–Trinajstić information content (AvgIpc) is 2.65. The van der Waals surface area contributed by atoms with Crippen LogP contribution in [0.2, 0.25) is 0 Å². The molecule has 0 spiro atoms. The molecule has 0 fully saturated rings. The fraction of sp³-hybridized carbons (Fsp3) is 0.300. The molecule has 3 rings (SSSR count). The van der Waals surface area contributed by atoms with E-state index in [0.29, 0.717) is 16.9 Å². The second-order valence-corrected chi connectivity index (χ2v) is 5.92. The van der Waals surface area contributed by atoms with Gasteiger partial charge in [0.1, 0.15) is 5.75 Å².